The predicted molar refractivity (Wildman–Crippen MR) is 303 cm³/mol. The van der Waals surface area contributed by atoms with Crippen LogP contribution in [-0.2, 0) is 37.5 Å². The van der Waals surface area contributed by atoms with Gasteiger partial charge in [0.1, 0.15) is 29.3 Å². The van der Waals surface area contributed by atoms with Crippen LogP contribution in [0.5, 0.6) is 5.75 Å². The first-order valence-electron chi connectivity index (χ1n) is 25.9. The minimum absolute atomic E-state index is 0.0290. The Balaban J connectivity index is 0.812. The second-order valence-corrected chi connectivity index (χ2v) is 22.9. The Morgan fingerprint density at radius 1 is 0.915 bits per heavy atom. The summed E-state index contributed by atoms with van der Waals surface area (Å²) >= 11 is 1.54. The summed E-state index contributed by atoms with van der Waals surface area (Å²) in [6.45, 7) is 7.79. The number of aliphatic hydroxyl groups excluding tert-OH is 1. The van der Waals surface area contributed by atoms with Crippen LogP contribution in [0.1, 0.15) is 64.1 Å². The van der Waals surface area contributed by atoms with E-state index in [1.807, 2.05) is 31.2 Å². The summed E-state index contributed by atoms with van der Waals surface area (Å²) in [5.41, 5.74) is 5.33. The van der Waals surface area contributed by atoms with E-state index >= 15 is 0 Å². The highest BCUT2D eigenvalue weighted by Gasteiger charge is 2.44. The first-order chi connectivity index (χ1) is 38.9. The molecule has 1 aliphatic heterocycles. The maximum Gasteiger partial charge on any atom is 0.573 e. The molecule has 0 radical (unpaired) electrons. The van der Waals surface area contributed by atoms with Crippen molar-refractivity contribution in [2.24, 2.45) is 10.6 Å². The smallest absolute Gasteiger partial charge is 0.405 e. The number of primary sulfonamides is 1. The molecule has 4 aromatic carbocycles. The third-order valence-corrected chi connectivity index (χ3v) is 15.1. The first kappa shape index (κ1) is 59.6. The molecule has 7 aromatic rings. The van der Waals surface area contributed by atoms with Gasteiger partial charge in [-0.25, -0.2) is 28.3 Å². The zero-order chi connectivity index (χ0) is 58.9. The number of β-amino-alcohol motifs (C(OH)–C–C–N with tert-alkyl or cyclic N) is 1. The summed E-state index contributed by atoms with van der Waals surface area (Å²) in [6, 6.07) is 22.9. The van der Waals surface area contributed by atoms with Crippen molar-refractivity contribution in [3.05, 3.63) is 126 Å². The highest BCUT2D eigenvalue weighted by Crippen LogP contribution is 2.36. The van der Waals surface area contributed by atoms with E-state index in [0.717, 1.165) is 27.8 Å². The van der Waals surface area contributed by atoms with Crippen LogP contribution in [0.4, 0.5) is 52.5 Å². The molecule has 8 rings (SSSR count). The third kappa shape index (κ3) is 15.9. The fourth-order valence-electron chi connectivity index (χ4n) is 8.97. The number of aryl methyl sites for hydroxylation is 2. The number of nitrogens with zero attached hydrogens (tertiary/aromatic N) is 8. The zero-order valence-electron chi connectivity index (χ0n) is 45.3. The van der Waals surface area contributed by atoms with Gasteiger partial charge < -0.3 is 46.2 Å². The second kappa shape index (κ2) is 25.5. The van der Waals surface area contributed by atoms with E-state index in [1.165, 1.54) is 52.3 Å². The van der Waals surface area contributed by atoms with Crippen molar-refractivity contribution in [1.82, 2.24) is 45.5 Å². The topological polar surface area (TPSA) is 294 Å². The second-order valence-electron chi connectivity index (χ2n) is 20.5. The van der Waals surface area contributed by atoms with Crippen molar-refractivity contribution in [3.8, 4) is 27.4 Å². The molecule has 8 N–H and O–H groups in total. The number of likely N-dealkylation sites (tertiary alicyclic amines) is 1. The molecule has 0 saturated carbocycles. The predicted octanol–water partition coefficient (Wildman–Crippen LogP) is 8.24. The van der Waals surface area contributed by atoms with Gasteiger partial charge in [-0.15, -0.1) is 29.6 Å². The van der Waals surface area contributed by atoms with Crippen LogP contribution in [-0.4, -0.2) is 110 Å². The number of halogens is 3. The molecule has 82 heavy (non-hydrogen) atoms. The van der Waals surface area contributed by atoms with E-state index in [-0.39, 0.29) is 59.6 Å². The minimum atomic E-state index is -5.05. The molecule has 0 bridgehead atoms. The van der Waals surface area contributed by atoms with Crippen molar-refractivity contribution < 1.29 is 50.6 Å². The number of alkyl halides is 3. The monoisotopic (exact) mass is 1170 g/mol. The van der Waals surface area contributed by atoms with Gasteiger partial charge >= 0.3 is 12.4 Å². The number of thiazole rings is 1. The van der Waals surface area contributed by atoms with Crippen molar-refractivity contribution in [2.75, 3.05) is 34.4 Å². The average Bonchev–Trinajstić information content (AvgIpc) is 4.38. The van der Waals surface area contributed by atoms with E-state index < -0.39 is 63.6 Å². The van der Waals surface area contributed by atoms with Gasteiger partial charge in [0.15, 0.2) is 0 Å². The Kier molecular flexibility index (Phi) is 18.5. The van der Waals surface area contributed by atoms with Crippen LogP contribution in [0.2, 0.25) is 0 Å². The van der Waals surface area contributed by atoms with Gasteiger partial charge in [-0.1, -0.05) is 62.7 Å². The number of carbonyl (C=O) groups is 4. The van der Waals surface area contributed by atoms with Gasteiger partial charge in [-0.3, -0.25) is 19.1 Å². The molecule has 22 nitrogen and oxygen atoms in total. The molecule has 3 aromatic heterocycles. The highest BCUT2D eigenvalue weighted by atomic mass is 32.2. The van der Waals surface area contributed by atoms with Crippen LogP contribution < -0.4 is 41.4 Å². The van der Waals surface area contributed by atoms with Crippen LogP contribution in [0.3, 0.4) is 0 Å². The van der Waals surface area contributed by atoms with E-state index in [4.69, 9.17) is 5.14 Å². The lowest BCUT2D eigenvalue weighted by molar-refractivity contribution is -0.274. The van der Waals surface area contributed by atoms with E-state index in [1.54, 1.807) is 86.0 Å². The molecule has 0 unspecified atom stereocenters. The van der Waals surface area contributed by atoms with Gasteiger partial charge in [-0.05, 0) is 103 Å². The van der Waals surface area contributed by atoms with Crippen LogP contribution in [0.25, 0.3) is 21.7 Å². The molecule has 5 amide bonds. The number of unbranched alkanes of at least 4 members (excludes halogenated alkanes) is 2. The van der Waals surface area contributed by atoms with Crippen molar-refractivity contribution in [1.29, 1.82) is 0 Å². The van der Waals surface area contributed by atoms with Gasteiger partial charge in [-0.2, -0.15) is 4.98 Å². The molecule has 1 saturated heterocycles. The summed E-state index contributed by atoms with van der Waals surface area (Å²) in [4.78, 5) is 71.3. The molecular formula is C55H61F3N14O8S2. The fourth-order valence-corrected chi connectivity index (χ4v) is 10.3. The summed E-state index contributed by atoms with van der Waals surface area (Å²) in [5.74, 6) is -1.19. The Labute approximate surface area is 474 Å². The first-order valence-corrected chi connectivity index (χ1v) is 28.3. The van der Waals surface area contributed by atoms with Gasteiger partial charge in [0, 0.05) is 74.0 Å². The van der Waals surface area contributed by atoms with E-state index in [9.17, 15) is 45.9 Å². The van der Waals surface area contributed by atoms with Crippen LogP contribution >= 0.6 is 11.3 Å². The molecular weight excluding hydrogens is 1110 g/mol. The number of nitrogens with one attached hydrogen (secondary N) is 5. The quantitative estimate of drug-likeness (QED) is 0.0333. The van der Waals surface area contributed by atoms with Gasteiger partial charge in [0.25, 0.3) is 0 Å². The average molecular weight is 1170 g/mol. The molecule has 432 valence electrons. The molecule has 1 fully saturated rings. The summed E-state index contributed by atoms with van der Waals surface area (Å²) in [6.07, 6.45) is -1.44. The number of amides is 5. The lowest BCUT2D eigenvalue weighted by Crippen LogP contribution is -2.57. The number of benzene rings is 4. The number of sulfonamides is 1. The SMILES string of the molecule is Cc1ncsc1-c1ccc(CNC(=O)[C@@H]2C[C@@H](O)CN2C(=O)[C@@H](NC(=O)CCCCCn2cc(-c3cc(NC(=O)Nc4ccc(N(C)c5ccnc(Nc6cccc(S(N)(=O)=O)c6)n5)cc4)ccc3OC(F)(F)F)nn2)C(C)(C)C)cc1. The number of nitrogens with two attached hydrogens (primary N) is 1. The van der Waals surface area contributed by atoms with Crippen molar-refractivity contribution >= 4 is 79.6 Å². The summed E-state index contributed by atoms with van der Waals surface area (Å²) < 4.78 is 70.1. The van der Waals surface area contributed by atoms with Crippen LogP contribution in [0.15, 0.2) is 120 Å². The van der Waals surface area contributed by atoms with Gasteiger partial charge in [0.2, 0.25) is 33.7 Å². The highest BCUT2D eigenvalue weighted by molar-refractivity contribution is 7.89. The minimum Gasteiger partial charge on any atom is -0.405 e. The Bertz CT molecular complexity index is 3520. The molecule has 1 aliphatic rings. The van der Waals surface area contributed by atoms with E-state index in [2.05, 4.69) is 56.6 Å². The number of hydrogen-bond acceptors (Lipinski definition) is 16. The number of anilines is 6. The number of aliphatic hydroxyl groups is 1. The lowest BCUT2D eigenvalue weighted by atomic mass is 9.85. The lowest BCUT2D eigenvalue weighted by Gasteiger charge is -2.35. The fraction of sp³-hybridized carbons (Fsp3) is 0.327. The number of rotatable bonds is 21. The maximum absolute atomic E-state index is 14.1. The van der Waals surface area contributed by atoms with Crippen molar-refractivity contribution in [2.45, 2.75) is 102 Å². The Hall–Kier alpha value is -8.53. The molecule has 0 spiro atoms. The van der Waals surface area contributed by atoms with E-state index in [0.29, 0.717) is 48.7 Å². The molecule has 3 atom stereocenters. The largest absolute Gasteiger partial charge is 0.573 e. The number of carbonyl (C=O) groups excluding carboxylic acids is 4. The number of hydrogen-bond donors (Lipinski definition) is 7. The maximum atomic E-state index is 14.1. The molecule has 4 heterocycles. The zero-order valence-corrected chi connectivity index (χ0v) is 46.9. The van der Waals surface area contributed by atoms with Gasteiger partial charge in [0.05, 0.1) is 33.3 Å². The number of ether oxygens (including phenoxy) is 1. The number of urea groups is 1. The third-order valence-electron chi connectivity index (χ3n) is 13.2. The molecule has 27 heteroatoms. The standard InChI is InChI=1S/C55H61F3N14O8S2/c1-33-48(81-32-62-33)35-15-13-34(14-16-35)29-61-50(75)44-28-40(73)30-72(44)51(76)49(54(2,3)4)67-47(74)12-7-6-8-25-71-31-43(68-69-71)42-27-38(19-22-45(42)80-55(56,57)58)65-53(77)64-36-17-20-39(21-18-36)70(5)46-23-24-60-52(66-46)63-37-10-9-11-41(26-37)82(59,78)79/h9-11,13-24,26-27,31-32,40,44,49,73H,6-8,12,25,28-30H2,1-5H3,(H,61,75)(H,67,74)(H2,59,78,79)(H,60,63,66)(H2,64,65,77)/t40-,44+,49-/m1/s1. The van der Waals surface area contributed by atoms with Crippen molar-refractivity contribution in [3.63, 3.8) is 0 Å². The summed E-state index contributed by atoms with van der Waals surface area (Å²) in [7, 11) is -2.18. The summed E-state index contributed by atoms with van der Waals surface area (Å²) in [5, 5.41) is 38.1. The van der Waals surface area contributed by atoms with Crippen LogP contribution in [0, 0.1) is 12.3 Å². The normalized spacial score (nSPS) is 14.9. The molecule has 0 aliphatic carbocycles. The Morgan fingerprint density at radius 3 is 2.34 bits per heavy atom. The Morgan fingerprint density at radius 2 is 1.65 bits per heavy atom. The number of aromatic nitrogens is 6.